The SMILES string of the molecule is CNCO[C@]12Cc3c4c(c5c(c3O[C@@H]1c1ccc(O)c(c1)OCCC#C[C@@H]2NCNC[C@@](C)(O)CC(C)C)CC[C@@H](CO)O5)-c1ccc(O)c2c1[C@@H](C4)[C@@H](c1ccc3c(c1)=CCN=3)C(CNC)=C2. The van der Waals surface area contributed by atoms with E-state index in [2.05, 4.69) is 77.3 Å². The summed E-state index contributed by atoms with van der Waals surface area (Å²) in [6, 6.07) is 15.2. The molecule has 0 spiro atoms. The van der Waals surface area contributed by atoms with Crippen LogP contribution in [-0.2, 0) is 24.0 Å². The van der Waals surface area contributed by atoms with Crippen LogP contribution in [0.25, 0.3) is 23.3 Å². The average molecular weight is 924 g/mol. The molecule has 0 saturated carbocycles. The molecule has 13 heteroatoms. The Labute approximate surface area is 398 Å². The quantitative estimate of drug-likeness (QED) is 0.0502. The number of aromatic hydroxyl groups is 2. The molecule has 6 aliphatic rings. The van der Waals surface area contributed by atoms with Gasteiger partial charge in [0.2, 0.25) is 0 Å². The summed E-state index contributed by atoms with van der Waals surface area (Å²) in [6.07, 6.45) is 6.42. The lowest BCUT2D eigenvalue weighted by Crippen LogP contribution is -2.62. The number of nitrogens with one attached hydrogen (secondary N) is 4. The molecule has 4 aromatic rings. The highest BCUT2D eigenvalue weighted by molar-refractivity contribution is 5.89. The van der Waals surface area contributed by atoms with Gasteiger partial charge in [0.25, 0.3) is 0 Å². The van der Waals surface area contributed by atoms with Gasteiger partial charge in [0.15, 0.2) is 17.6 Å². The van der Waals surface area contributed by atoms with Crippen molar-refractivity contribution >= 4 is 12.2 Å². The third kappa shape index (κ3) is 8.34. The Hall–Kier alpha value is -5.43. The number of phenolic OH excluding ortho intramolecular Hbond substituents is 2. The molecule has 0 unspecified atom stereocenters. The van der Waals surface area contributed by atoms with Crippen molar-refractivity contribution in [1.29, 1.82) is 0 Å². The Kier molecular flexibility index (Phi) is 12.8. The Morgan fingerprint density at radius 3 is 2.63 bits per heavy atom. The molecule has 0 saturated heterocycles. The minimum atomic E-state index is -1.18. The first-order valence-corrected chi connectivity index (χ1v) is 24.3. The number of hydrogen-bond acceptors (Lipinski definition) is 13. The molecule has 4 aromatic carbocycles. The van der Waals surface area contributed by atoms with Crippen molar-refractivity contribution in [2.45, 2.75) is 101 Å². The monoisotopic (exact) mass is 923 g/mol. The van der Waals surface area contributed by atoms with Crippen LogP contribution < -0.4 is 46.1 Å². The maximum absolute atomic E-state index is 11.7. The number of fused-ring (bicyclic) bond motifs is 12. The molecule has 4 heterocycles. The second-order valence-corrected chi connectivity index (χ2v) is 20.0. The smallest absolute Gasteiger partial charge is 0.161 e. The zero-order chi connectivity index (χ0) is 47.3. The van der Waals surface area contributed by atoms with Crippen LogP contribution in [0.4, 0.5) is 0 Å². The summed E-state index contributed by atoms with van der Waals surface area (Å²) in [5.74, 6) is 9.21. The average Bonchev–Trinajstić information content (AvgIpc) is 3.79. The van der Waals surface area contributed by atoms with Gasteiger partial charge in [-0.25, -0.2) is 0 Å². The van der Waals surface area contributed by atoms with Gasteiger partial charge in [-0.3, -0.25) is 15.6 Å². The van der Waals surface area contributed by atoms with E-state index in [1.54, 1.807) is 12.1 Å². The Bertz CT molecular complexity index is 2830. The Morgan fingerprint density at radius 2 is 1.82 bits per heavy atom. The summed E-state index contributed by atoms with van der Waals surface area (Å²) in [6.45, 7) is 8.38. The van der Waals surface area contributed by atoms with Crippen molar-refractivity contribution in [3.63, 3.8) is 0 Å². The van der Waals surface area contributed by atoms with Gasteiger partial charge in [0, 0.05) is 60.8 Å². The predicted octanol–water partition coefficient (Wildman–Crippen LogP) is 4.60. The molecule has 7 atom stereocenters. The van der Waals surface area contributed by atoms with Gasteiger partial charge in [0.1, 0.15) is 35.0 Å². The summed E-state index contributed by atoms with van der Waals surface area (Å²) < 4.78 is 27.9. The lowest BCUT2D eigenvalue weighted by molar-refractivity contribution is -0.141. The van der Waals surface area contributed by atoms with Gasteiger partial charge >= 0.3 is 0 Å². The summed E-state index contributed by atoms with van der Waals surface area (Å²) >= 11 is 0. The van der Waals surface area contributed by atoms with Crippen LogP contribution in [0.15, 0.2) is 59.1 Å². The number of ether oxygens (including phenoxy) is 4. The number of benzene rings is 4. The van der Waals surface area contributed by atoms with Gasteiger partial charge in [-0.2, -0.15) is 0 Å². The fraction of sp³-hybridized carbons (Fsp3) is 0.473. The highest BCUT2D eigenvalue weighted by Crippen LogP contribution is 2.61. The summed E-state index contributed by atoms with van der Waals surface area (Å²) in [4.78, 5) is 4.71. The van der Waals surface area contributed by atoms with E-state index < -0.39 is 29.5 Å². The third-order valence-corrected chi connectivity index (χ3v) is 14.7. The van der Waals surface area contributed by atoms with Gasteiger partial charge in [-0.1, -0.05) is 50.0 Å². The van der Waals surface area contributed by atoms with Gasteiger partial charge in [0.05, 0.1) is 37.4 Å². The van der Waals surface area contributed by atoms with Crippen molar-refractivity contribution in [1.82, 2.24) is 21.3 Å². The molecular weight excluding hydrogens is 859 g/mol. The molecule has 10 rings (SSSR count). The van der Waals surface area contributed by atoms with Crippen molar-refractivity contribution < 1.29 is 39.4 Å². The van der Waals surface area contributed by atoms with Crippen LogP contribution in [-0.4, -0.2) is 104 Å². The topological polar surface area (TPSA) is 178 Å². The minimum Gasteiger partial charge on any atom is -0.507 e. The number of hydrogen-bond donors (Lipinski definition) is 8. The largest absolute Gasteiger partial charge is 0.507 e. The van der Waals surface area contributed by atoms with Crippen LogP contribution in [0.3, 0.4) is 0 Å². The third-order valence-electron chi connectivity index (χ3n) is 14.7. The van der Waals surface area contributed by atoms with E-state index in [1.807, 2.05) is 39.2 Å². The van der Waals surface area contributed by atoms with Crippen molar-refractivity contribution in [3.8, 4) is 51.7 Å². The first-order chi connectivity index (χ1) is 32.9. The summed E-state index contributed by atoms with van der Waals surface area (Å²) in [7, 11) is 3.82. The number of rotatable bonds is 14. The molecule has 0 radical (unpaired) electrons. The fourth-order valence-electron chi connectivity index (χ4n) is 12.0. The van der Waals surface area contributed by atoms with Crippen molar-refractivity contribution in [2.75, 3.05) is 60.3 Å². The van der Waals surface area contributed by atoms with Gasteiger partial charge in [-0.15, -0.1) is 0 Å². The lowest BCUT2D eigenvalue weighted by Gasteiger charge is -2.50. The molecule has 0 fully saturated rings. The number of likely N-dealkylation sites (N-methyl/N-ethyl adjacent to an activating group) is 1. The molecule has 13 nitrogen and oxygen atoms in total. The van der Waals surface area contributed by atoms with E-state index in [4.69, 9.17) is 23.9 Å². The molecule has 4 aliphatic heterocycles. The molecular formula is C55H65N5O8. The molecule has 2 bridgehead atoms. The Morgan fingerprint density at radius 1 is 0.985 bits per heavy atom. The van der Waals surface area contributed by atoms with E-state index in [-0.39, 0.29) is 43.3 Å². The van der Waals surface area contributed by atoms with E-state index in [9.17, 15) is 20.4 Å². The normalized spacial score (nSPS) is 24.7. The number of aliphatic hydroxyl groups is 2. The van der Waals surface area contributed by atoms with Crippen molar-refractivity contribution in [2.24, 2.45) is 10.9 Å². The first kappa shape index (κ1) is 46.3. The molecule has 358 valence electrons. The lowest BCUT2D eigenvalue weighted by atomic mass is 9.62. The zero-order valence-corrected chi connectivity index (χ0v) is 39.8. The molecule has 2 aliphatic carbocycles. The fourth-order valence-corrected chi connectivity index (χ4v) is 12.0. The van der Waals surface area contributed by atoms with Gasteiger partial charge in [-0.05, 0) is 134 Å². The van der Waals surface area contributed by atoms with E-state index >= 15 is 0 Å². The molecule has 0 aromatic heterocycles. The number of aliphatic hydroxyl groups excluding tert-OH is 1. The van der Waals surface area contributed by atoms with Crippen LogP contribution in [0.2, 0.25) is 0 Å². The highest BCUT2D eigenvalue weighted by Gasteiger charge is 2.55. The van der Waals surface area contributed by atoms with E-state index in [0.717, 1.165) is 60.8 Å². The Balaban J connectivity index is 1.19. The highest BCUT2D eigenvalue weighted by atomic mass is 16.6. The zero-order valence-electron chi connectivity index (χ0n) is 39.8. The molecule has 68 heavy (non-hydrogen) atoms. The summed E-state index contributed by atoms with van der Waals surface area (Å²) in [5.41, 5.74) is 7.89. The minimum absolute atomic E-state index is 0.0228. The molecule has 8 N–H and O–H groups in total. The first-order valence-electron chi connectivity index (χ1n) is 24.3. The molecule has 0 amide bonds. The maximum atomic E-state index is 11.7. The maximum Gasteiger partial charge on any atom is 0.161 e. The van der Waals surface area contributed by atoms with Crippen molar-refractivity contribution in [3.05, 3.63) is 104 Å². The second kappa shape index (κ2) is 18.8. The summed E-state index contributed by atoms with van der Waals surface area (Å²) in [5, 5.41) is 60.7. The van der Waals surface area contributed by atoms with Crippen LogP contribution >= 0.6 is 0 Å². The van der Waals surface area contributed by atoms with Crippen LogP contribution in [0.5, 0.6) is 28.7 Å². The standard InChI is InChI=1S/C55H65N5O8/c1-31(2)24-54(3,64)28-58-29-60-47-8-6-7-19-65-46-22-34(10-15-45(46)63)53-55(47,66-30-57-5)25-42-39-23-41-48(33-9-14-43-32(20-33)17-18-59-43)35(26-56-4)21-40-44(62)16-13-37(49(40)41)50(39)52-38(51(42)68-53)12-11-36(27-61)67-52/h9-10,13-17,20-22,31,36,41,47-48,53,56-58,60-64H,7,11-12,18-19,23-30H2,1-5H3/t36-,41-,47-,48-,53+,54-,55-/m0/s1. The van der Waals surface area contributed by atoms with E-state index in [0.29, 0.717) is 82.2 Å². The van der Waals surface area contributed by atoms with E-state index in [1.165, 1.54) is 11.1 Å². The number of phenols is 2. The van der Waals surface area contributed by atoms with Gasteiger partial charge < -0.3 is 50.0 Å². The van der Waals surface area contributed by atoms with Crippen LogP contribution in [0, 0.1) is 17.8 Å². The predicted molar refractivity (Wildman–Crippen MR) is 262 cm³/mol. The second-order valence-electron chi connectivity index (χ2n) is 20.0. The number of nitrogens with zero attached hydrogens (tertiary/aromatic N) is 1. The van der Waals surface area contributed by atoms with Crippen LogP contribution in [0.1, 0.15) is 96.9 Å².